The number of carbonyl (C=O) groups is 1. The minimum Gasteiger partial charge on any atom is -0.478 e. The third-order valence-electron chi connectivity index (χ3n) is 3.65. The van der Waals surface area contributed by atoms with Gasteiger partial charge >= 0.3 is 0 Å². The van der Waals surface area contributed by atoms with E-state index in [-0.39, 0.29) is 11.7 Å². The summed E-state index contributed by atoms with van der Waals surface area (Å²) >= 11 is 6.10. The van der Waals surface area contributed by atoms with E-state index in [9.17, 15) is 9.18 Å². The molecule has 5 heteroatoms. The Balaban J connectivity index is 1.80. The lowest BCUT2D eigenvalue weighted by molar-refractivity contribution is -0.128. The van der Waals surface area contributed by atoms with Crippen molar-refractivity contribution in [2.24, 2.45) is 0 Å². The van der Waals surface area contributed by atoms with E-state index in [1.807, 2.05) is 31.2 Å². The molecular weight excluding hydrogens is 329 g/mol. The molecule has 2 rings (SSSR count). The topological polar surface area (TPSA) is 38.3 Å². The Morgan fingerprint density at radius 1 is 1.21 bits per heavy atom. The molecular formula is C19H21ClFNO2. The van der Waals surface area contributed by atoms with E-state index in [1.54, 1.807) is 12.1 Å². The Kier molecular flexibility index (Phi) is 7.07. The van der Waals surface area contributed by atoms with Gasteiger partial charge in [-0.15, -0.1) is 0 Å². The van der Waals surface area contributed by atoms with Gasteiger partial charge in [0.25, 0.3) is 5.91 Å². The predicted molar refractivity (Wildman–Crippen MR) is 93.9 cm³/mol. The smallest absolute Gasteiger partial charge is 0.261 e. The molecule has 0 aliphatic carbocycles. The monoisotopic (exact) mass is 349 g/mol. The van der Waals surface area contributed by atoms with Crippen LogP contribution < -0.4 is 10.1 Å². The van der Waals surface area contributed by atoms with Gasteiger partial charge in [-0.3, -0.25) is 4.79 Å². The molecule has 0 unspecified atom stereocenters. The summed E-state index contributed by atoms with van der Waals surface area (Å²) in [5.41, 5.74) is 1.06. The molecule has 3 nitrogen and oxygen atoms in total. The first-order valence-corrected chi connectivity index (χ1v) is 8.42. The summed E-state index contributed by atoms with van der Waals surface area (Å²) in [6.45, 7) is 2.34. The van der Waals surface area contributed by atoms with Gasteiger partial charge in [0, 0.05) is 11.6 Å². The van der Waals surface area contributed by atoms with Gasteiger partial charge in [-0.05, 0) is 43.0 Å². The fourth-order valence-corrected chi connectivity index (χ4v) is 2.55. The van der Waals surface area contributed by atoms with Crippen LogP contribution in [-0.4, -0.2) is 18.6 Å². The highest BCUT2D eigenvalue weighted by Crippen LogP contribution is 2.18. The zero-order valence-corrected chi connectivity index (χ0v) is 14.4. The van der Waals surface area contributed by atoms with Crippen LogP contribution in [0.5, 0.6) is 5.75 Å². The highest BCUT2D eigenvalue weighted by atomic mass is 35.5. The Hall–Kier alpha value is -2.07. The van der Waals surface area contributed by atoms with Crippen LogP contribution in [0.25, 0.3) is 0 Å². The van der Waals surface area contributed by atoms with Crippen molar-refractivity contribution in [1.82, 2.24) is 5.32 Å². The van der Waals surface area contributed by atoms with Crippen molar-refractivity contribution < 1.29 is 13.9 Å². The van der Waals surface area contributed by atoms with Crippen molar-refractivity contribution in [3.05, 3.63) is 64.9 Å². The summed E-state index contributed by atoms with van der Waals surface area (Å²) in [4.78, 5) is 12.2. The first kappa shape index (κ1) is 18.3. The number of amides is 1. The first-order chi connectivity index (χ1) is 11.6. The van der Waals surface area contributed by atoms with E-state index in [1.165, 1.54) is 12.1 Å². The predicted octanol–water partition coefficient (Wildman–Crippen LogP) is 4.39. The number of rotatable bonds is 8. The third kappa shape index (κ3) is 5.24. The van der Waals surface area contributed by atoms with Crippen molar-refractivity contribution in [2.75, 3.05) is 6.54 Å². The number of carbonyl (C=O) groups excluding carboxylic acids is 1. The SMILES string of the molecule is CC[C@@H](Oc1ccccc1F)C(=O)NCCCc1ccccc1Cl. The second-order valence-corrected chi connectivity index (χ2v) is 5.84. The fraction of sp³-hybridized carbons (Fsp3) is 0.316. The van der Waals surface area contributed by atoms with E-state index in [2.05, 4.69) is 5.32 Å². The van der Waals surface area contributed by atoms with Crippen molar-refractivity contribution in [1.29, 1.82) is 0 Å². The van der Waals surface area contributed by atoms with Gasteiger partial charge in [0.2, 0.25) is 0 Å². The van der Waals surface area contributed by atoms with Crippen LogP contribution >= 0.6 is 11.6 Å². The summed E-state index contributed by atoms with van der Waals surface area (Å²) in [5, 5.41) is 3.57. The first-order valence-electron chi connectivity index (χ1n) is 8.04. The summed E-state index contributed by atoms with van der Waals surface area (Å²) in [5.74, 6) is -0.613. The molecule has 0 aliphatic heterocycles. The molecule has 2 aromatic rings. The minimum atomic E-state index is -0.706. The second kappa shape index (κ2) is 9.28. The molecule has 1 N–H and O–H groups in total. The molecule has 0 radical (unpaired) electrons. The average Bonchev–Trinajstić information content (AvgIpc) is 2.59. The highest BCUT2D eigenvalue weighted by Gasteiger charge is 2.19. The minimum absolute atomic E-state index is 0.0931. The van der Waals surface area contributed by atoms with Crippen molar-refractivity contribution in [2.45, 2.75) is 32.3 Å². The molecule has 0 fully saturated rings. The van der Waals surface area contributed by atoms with E-state index in [0.717, 1.165) is 23.4 Å². The molecule has 0 spiro atoms. The van der Waals surface area contributed by atoms with Crippen LogP contribution in [0.2, 0.25) is 5.02 Å². The van der Waals surface area contributed by atoms with Gasteiger partial charge in [0.1, 0.15) is 0 Å². The van der Waals surface area contributed by atoms with E-state index in [0.29, 0.717) is 13.0 Å². The van der Waals surface area contributed by atoms with Crippen LogP contribution in [0.3, 0.4) is 0 Å². The molecule has 2 aromatic carbocycles. The number of nitrogens with one attached hydrogen (secondary N) is 1. The lowest BCUT2D eigenvalue weighted by Crippen LogP contribution is -2.38. The Morgan fingerprint density at radius 2 is 1.92 bits per heavy atom. The number of para-hydroxylation sites is 1. The van der Waals surface area contributed by atoms with Gasteiger partial charge < -0.3 is 10.1 Å². The van der Waals surface area contributed by atoms with E-state index in [4.69, 9.17) is 16.3 Å². The molecule has 0 saturated carbocycles. The molecule has 1 atom stereocenters. The molecule has 0 heterocycles. The zero-order valence-electron chi connectivity index (χ0n) is 13.6. The number of ether oxygens (including phenoxy) is 1. The van der Waals surface area contributed by atoms with Crippen molar-refractivity contribution >= 4 is 17.5 Å². The lowest BCUT2D eigenvalue weighted by atomic mass is 10.1. The summed E-state index contributed by atoms with van der Waals surface area (Å²) in [7, 11) is 0. The largest absolute Gasteiger partial charge is 0.478 e. The number of hydrogen-bond acceptors (Lipinski definition) is 2. The van der Waals surface area contributed by atoms with E-state index < -0.39 is 11.9 Å². The van der Waals surface area contributed by atoms with Crippen LogP contribution in [-0.2, 0) is 11.2 Å². The molecule has 128 valence electrons. The zero-order chi connectivity index (χ0) is 17.4. The standard InChI is InChI=1S/C19H21ClFNO2/c1-2-17(24-18-12-6-5-11-16(18)21)19(23)22-13-7-9-14-8-3-4-10-15(14)20/h3-6,8,10-12,17H,2,7,9,13H2,1H3,(H,22,23)/t17-/m1/s1. The van der Waals surface area contributed by atoms with Crippen molar-refractivity contribution in [3.63, 3.8) is 0 Å². The Bertz CT molecular complexity index is 678. The maximum Gasteiger partial charge on any atom is 0.261 e. The number of aryl methyl sites for hydroxylation is 1. The quantitative estimate of drug-likeness (QED) is 0.718. The molecule has 1 amide bonds. The second-order valence-electron chi connectivity index (χ2n) is 5.43. The van der Waals surface area contributed by atoms with Gasteiger partial charge in [-0.2, -0.15) is 0 Å². The van der Waals surface area contributed by atoms with Gasteiger partial charge in [0.05, 0.1) is 0 Å². The van der Waals surface area contributed by atoms with Crippen LogP contribution in [0.15, 0.2) is 48.5 Å². The molecule has 0 aromatic heterocycles. The lowest BCUT2D eigenvalue weighted by Gasteiger charge is -2.17. The normalized spacial score (nSPS) is 11.8. The van der Waals surface area contributed by atoms with Crippen molar-refractivity contribution in [3.8, 4) is 5.75 Å². The average molecular weight is 350 g/mol. The molecule has 0 saturated heterocycles. The molecule has 0 aliphatic rings. The maximum absolute atomic E-state index is 13.6. The Morgan fingerprint density at radius 3 is 2.62 bits per heavy atom. The highest BCUT2D eigenvalue weighted by molar-refractivity contribution is 6.31. The molecule has 0 bridgehead atoms. The summed E-state index contributed by atoms with van der Waals surface area (Å²) in [6.07, 6.45) is 1.31. The number of benzene rings is 2. The summed E-state index contributed by atoms with van der Waals surface area (Å²) in [6, 6.07) is 13.7. The van der Waals surface area contributed by atoms with Gasteiger partial charge in [-0.25, -0.2) is 4.39 Å². The van der Waals surface area contributed by atoms with Gasteiger partial charge in [-0.1, -0.05) is 48.9 Å². The molecule has 24 heavy (non-hydrogen) atoms. The fourth-order valence-electron chi connectivity index (χ4n) is 2.32. The van der Waals surface area contributed by atoms with Gasteiger partial charge in [0.15, 0.2) is 17.7 Å². The van der Waals surface area contributed by atoms with Crippen LogP contribution in [0.1, 0.15) is 25.3 Å². The van der Waals surface area contributed by atoms with E-state index >= 15 is 0 Å². The number of halogens is 2. The van der Waals surface area contributed by atoms with Crippen LogP contribution in [0.4, 0.5) is 4.39 Å². The Labute approximate surface area is 146 Å². The summed E-state index contributed by atoms with van der Waals surface area (Å²) < 4.78 is 19.1. The number of hydrogen-bond donors (Lipinski definition) is 1. The maximum atomic E-state index is 13.6. The third-order valence-corrected chi connectivity index (χ3v) is 4.02. The van der Waals surface area contributed by atoms with Crippen LogP contribution in [0, 0.1) is 5.82 Å².